The van der Waals surface area contributed by atoms with E-state index < -0.39 is 4.92 Å². The highest BCUT2D eigenvalue weighted by Crippen LogP contribution is 2.23. The smallest absolute Gasteiger partial charge is 0.329 e. The summed E-state index contributed by atoms with van der Waals surface area (Å²) in [6, 6.07) is 0.0535. The van der Waals surface area contributed by atoms with E-state index in [0.717, 1.165) is 25.8 Å². The average Bonchev–Trinajstić information content (AvgIpc) is 2.39. The van der Waals surface area contributed by atoms with Crippen LogP contribution >= 0.6 is 11.6 Å². The van der Waals surface area contributed by atoms with Gasteiger partial charge in [0.2, 0.25) is 11.1 Å². The molecular weight excluding hydrogens is 282 g/mol. The zero-order valence-electron chi connectivity index (χ0n) is 11.4. The molecule has 7 nitrogen and oxygen atoms in total. The predicted octanol–water partition coefficient (Wildman–Crippen LogP) is 2.32. The summed E-state index contributed by atoms with van der Waals surface area (Å²) in [4.78, 5) is 20.3. The molecule has 0 saturated carbocycles. The first-order valence-corrected chi connectivity index (χ1v) is 7.10. The van der Waals surface area contributed by atoms with Gasteiger partial charge in [0.05, 0.1) is 4.92 Å². The Hall–Kier alpha value is -1.47. The number of rotatable bonds is 5. The van der Waals surface area contributed by atoms with Gasteiger partial charge >= 0.3 is 5.69 Å². The fraction of sp³-hybridized carbons (Fsp3) is 0.667. The Morgan fingerprint density at radius 2 is 2.20 bits per heavy atom. The molecule has 0 aromatic carbocycles. The van der Waals surface area contributed by atoms with Crippen LogP contribution in [0.15, 0.2) is 6.20 Å². The summed E-state index contributed by atoms with van der Waals surface area (Å²) in [6.45, 7) is 4.98. The van der Waals surface area contributed by atoms with Crippen LogP contribution in [-0.4, -0.2) is 45.5 Å². The molecule has 20 heavy (non-hydrogen) atoms. The average molecular weight is 300 g/mol. The summed E-state index contributed by atoms with van der Waals surface area (Å²) in [5.41, 5.74) is -0.153. The molecule has 2 rings (SSSR count). The van der Waals surface area contributed by atoms with Crippen LogP contribution in [0.3, 0.4) is 0 Å². The van der Waals surface area contributed by atoms with Gasteiger partial charge in [0.15, 0.2) is 0 Å². The quantitative estimate of drug-likeness (QED) is 0.510. The van der Waals surface area contributed by atoms with Gasteiger partial charge in [-0.25, -0.2) is 4.98 Å². The normalized spacial score (nSPS) is 17.7. The number of aromatic nitrogens is 2. The summed E-state index contributed by atoms with van der Waals surface area (Å²) in [5.74, 6) is 0.180. The van der Waals surface area contributed by atoms with E-state index in [1.165, 1.54) is 19.3 Å². The van der Waals surface area contributed by atoms with E-state index in [-0.39, 0.29) is 22.8 Å². The molecule has 1 aliphatic heterocycles. The van der Waals surface area contributed by atoms with Crippen molar-refractivity contribution in [2.75, 3.05) is 25.0 Å². The second kappa shape index (κ2) is 6.81. The Labute approximate surface area is 122 Å². The Morgan fingerprint density at radius 1 is 1.50 bits per heavy atom. The Kier molecular flexibility index (Phi) is 5.08. The molecular formula is C12H18ClN5O2. The van der Waals surface area contributed by atoms with Crippen molar-refractivity contribution in [3.05, 3.63) is 21.6 Å². The lowest BCUT2D eigenvalue weighted by atomic mass is 10.1. The zero-order valence-corrected chi connectivity index (χ0v) is 12.1. The molecule has 1 aromatic rings. The van der Waals surface area contributed by atoms with Crippen LogP contribution in [0.4, 0.5) is 11.5 Å². The molecule has 1 saturated heterocycles. The first-order chi connectivity index (χ1) is 9.56. The van der Waals surface area contributed by atoms with Crippen LogP contribution in [0.1, 0.15) is 26.2 Å². The van der Waals surface area contributed by atoms with Crippen molar-refractivity contribution in [1.82, 2.24) is 14.9 Å². The summed E-state index contributed by atoms with van der Waals surface area (Å²) < 4.78 is 0. The van der Waals surface area contributed by atoms with Gasteiger partial charge in [0, 0.05) is 12.6 Å². The van der Waals surface area contributed by atoms with Gasteiger partial charge in [0.25, 0.3) is 0 Å². The van der Waals surface area contributed by atoms with Crippen molar-refractivity contribution in [3.63, 3.8) is 0 Å². The first kappa shape index (κ1) is 14.9. The van der Waals surface area contributed by atoms with Gasteiger partial charge in [-0.05, 0) is 44.5 Å². The van der Waals surface area contributed by atoms with Crippen molar-refractivity contribution in [2.45, 2.75) is 32.2 Å². The van der Waals surface area contributed by atoms with E-state index in [4.69, 9.17) is 11.6 Å². The summed E-state index contributed by atoms with van der Waals surface area (Å²) in [6.07, 6.45) is 4.84. The van der Waals surface area contributed by atoms with Gasteiger partial charge in [-0.15, -0.1) is 0 Å². The fourth-order valence-electron chi connectivity index (χ4n) is 2.40. The molecule has 1 N–H and O–H groups in total. The number of piperidine rings is 1. The van der Waals surface area contributed by atoms with E-state index in [2.05, 4.69) is 20.2 Å². The third-order valence-electron chi connectivity index (χ3n) is 3.30. The monoisotopic (exact) mass is 299 g/mol. The van der Waals surface area contributed by atoms with Gasteiger partial charge < -0.3 is 10.2 Å². The highest BCUT2D eigenvalue weighted by molar-refractivity contribution is 6.28. The van der Waals surface area contributed by atoms with E-state index in [9.17, 15) is 10.1 Å². The van der Waals surface area contributed by atoms with Crippen molar-refractivity contribution in [3.8, 4) is 0 Å². The maximum atomic E-state index is 10.9. The van der Waals surface area contributed by atoms with Crippen LogP contribution in [0.5, 0.6) is 0 Å². The number of hydrogen-bond acceptors (Lipinski definition) is 6. The Bertz CT molecular complexity index is 479. The molecule has 2 heterocycles. The third-order valence-corrected chi connectivity index (χ3v) is 3.48. The van der Waals surface area contributed by atoms with Crippen LogP contribution in [0.25, 0.3) is 0 Å². The van der Waals surface area contributed by atoms with Crippen molar-refractivity contribution < 1.29 is 4.92 Å². The molecule has 0 spiro atoms. The van der Waals surface area contributed by atoms with Crippen molar-refractivity contribution in [1.29, 1.82) is 0 Å². The largest absolute Gasteiger partial charge is 0.360 e. The molecule has 1 fully saturated rings. The molecule has 110 valence electrons. The fourth-order valence-corrected chi connectivity index (χ4v) is 2.54. The minimum Gasteiger partial charge on any atom is -0.360 e. The lowest BCUT2D eigenvalue weighted by Gasteiger charge is -2.29. The second-order valence-corrected chi connectivity index (χ2v) is 5.37. The van der Waals surface area contributed by atoms with Crippen LogP contribution < -0.4 is 5.32 Å². The summed E-state index contributed by atoms with van der Waals surface area (Å²) >= 11 is 5.70. The SMILES string of the molecule is CC(CN1CCCCC1)Nc1nc(Cl)ncc1[N+](=O)[O-]. The number of anilines is 1. The standard InChI is InChI=1S/C12H18ClN5O2/c1-9(8-17-5-3-2-4-6-17)15-11-10(18(19)20)7-14-12(13)16-11/h7,9H,2-6,8H2,1H3,(H,14,15,16). The van der Waals surface area contributed by atoms with Crippen LogP contribution in [0, 0.1) is 10.1 Å². The highest BCUT2D eigenvalue weighted by Gasteiger charge is 2.20. The lowest BCUT2D eigenvalue weighted by molar-refractivity contribution is -0.384. The molecule has 1 aliphatic rings. The second-order valence-electron chi connectivity index (χ2n) is 5.04. The van der Waals surface area contributed by atoms with Crippen LogP contribution in [-0.2, 0) is 0 Å². The third kappa shape index (κ3) is 4.01. The summed E-state index contributed by atoms with van der Waals surface area (Å²) in [5, 5.41) is 14.0. The molecule has 0 radical (unpaired) electrons. The van der Waals surface area contributed by atoms with Crippen molar-refractivity contribution >= 4 is 23.1 Å². The minimum absolute atomic E-state index is 0.00303. The maximum Gasteiger partial charge on any atom is 0.329 e. The molecule has 0 amide bonds. The van der Waals surface area contributed by atoms with Gasteiger partial charge in [-0.2, -0.15) is 4.98 Å². The van der Waals surface area contributed by atoms with Crippen LogP contribution in [0.2, 0.25) is 5.28 Å². The maximum absolute atomic E-state index is 10.9. The lowest BCUT2D eigenvalue weighted by Crippen LogP contribution is -2.38. The molecule has 1 aromatic heterocycles. The number of nitrogens with zero attached hydrogens (tertiary/aromatic N) is 4. The number of nitro groups is 1. The molecule has 1 unspecified atom stereocenters. The van der Waals surface area contributed by atoms with E-state index >= 15 is 0 Å². The molecule has 8 heteroatoms. The zero-order chi connectivity index (χ0) is 14.5. The number of nitrogens with one attached hydrogen (secondary N) is 1. The Morgan fingerprint density at radius 3 is 2.85 bits per heavy atom. The van der Waals surface area contributed by atoms with E-state index in [0.29, 0.717) is 0 Å². The van der Waals surface area contributed by atoms with Gasteiger partial charge in [0.1, 0.15) is 6.20 Å². The number of halogens is 1. The van der Waals surface area contributed by atoms with E-state index in [1.807, 2.05) is 6.92 Å². The van der Waals surface area contributed by atoms with Gasteiger partial charge in [-0.1, -0.05) is 6.42 Å². The minimum atomic E-state index is -0.508. The summed E-state index contributed by atoms with van der Waals surface area (Å²) in [7, 11) is 0. The van der Waals surface area contributed by atoms with Gasteiger partial charge in [-0.3, -0.25) is 10.1 Å². The molecule has 1 atom stereocenters. The number of hydrogen-bond donors (Lipinski definition) is 1. The Balaban J connectivity index is 2.00. The topological polar surface area (TPSA) is 84.2 Å². The number of likely N-dealkylation sites (tertiary alicyclic amines) is 1. The molecule has 0 bridgehead atoms. The molecule has 0 aliphatic carbocycles. The van der Waals surface area contributed by atoms with E-state index in [1.54, 1.807) is 0 Å². The predicted molar refractivity (Wildman–Crippen MR) is 77.1 cm³/mol. The highest BCUT2D eigenvalue weighted by atomic mass is 35.5. The first-order valence-electron chi connectivity index (χ1n) is 6.72. The van der Waals surface area contributed by atoms with Crippen molar-refractivity contribution in [2.24, 2.45) is 0 Å².